The minimum atomic E-state index is 0. The van der Waals surface area contributed by atoms with Gasteiger partial charge in [-0.05, 0) is 25.7 Å². The molecule has 0 aromatic heterocycles. The molecule has 0 saturated carbocycles. The fourth-order valence-electron chi connectivity index (χ4n) is 2.64. The van der Waals surface area contributed by atoms with Crippen LogP contribution in [-0.2, 0) is 0 Å². The van der Waals surface area contributed by atoms with Gasteiger partial charge in [-0.3, -0.25) is 0 Å². The van der Waals surface area contributed by atoms with Crippen molar-refractivity contribution in [3.8, 4) is 0 Å². The van der Waals surface area contributed by atoms with Crippen molar-refractivity contribution in [2.24, 2.45) is 0 Å². The van der Waals surface area contributed by atoms with Gasteiger partial charge in [0, 0.05) is 0 Å². The summed E-state index contributed by atoms with van der Waals surface area (Å²) in [6.45, 7) is 15.0. The topological polar surface area (TPSA) is 30.0 Å². The quantitative estimate of drug-likeness (QED) is 0.220. The Morgan fingerprint density at radius 2 is 0.750 bits per heavy atom. The van der Waals surface area contributed by atoms with Crippen molar-refractivity contribution in [1.82, 2.24) is 0 Å². The molecule has 0 bridgehead atoms. The zero-order valence-electron chi connectivity index (χ0n) is 14.8. The molecule has 120 valence electrons. The molecule has 0 aliphatic heterocycles. The Morgan fingerprint density at radius 3 is 0.900 bits per heavy atom. The summed E-state index contributed by atoms with van der Waals surface area (Å²) in [4.78, 5) is 0. The maximum absolute atomic E-state index is 2.33. The maximum atomic E-state index is 2.33. The smallest absolute Gasteiger partial charge is 1.00 e. The van der Waals surface area contributed by atoms with E-state index in [1.165, 1.54) is 82.0 Å². The largest absolute Gasteiger partial charge is 1.00 e. The number of quaternary nitrogens is 1. The second-order valence-corrected chi connectivity index (χ2v) is 5.65. The predicted octanol–water partition coefficient (Wildman–Crippen LogP) is -1.17. The SMILES string of the molecule is CCCC[N+](CCCC)(CCCC)CCCC.[I-].[K+].[OH-]. The van der Waals surface area contributed by atoms with Gasteiger partial charge in [-0.15, -0.1) is 0 Å². The number of nitrogens with zero attached hydrogens (tertiary/aromatic N) is 1. The third kappa shape index (κ3) is 15.2. The van der Waals surface area contributed by atoms with Gasteiger partial charge in [-0.25, -0.2) is 0 Å². The summed E-state index contributed by atoms with van der Waals surface area (Å²) in [6.07, 6.45) is 11.1. The number of rotatable bonds is 12. The van der Waals surface area contributed by atoms with Gasteiger partial charge in [0.2, 0.25) is 0 Å². The van der Waals surface area contributed by atoms with Crippen molar-refractivity contribution in [2.75, 3.05) is 26.2 Å². The van der Waals surface area contributed by atoms with Crippen LogP contribution >= 0.6 is 0 Å². The average molecular weight is 425 g/mol. The van der Waals surface area contributed by atoms with Gasteiger partial charge in [0.15, 0.2) is 0 Å². The summed E-state index contributed by atoms with van der Waals surface area (Å²) in [6, 6.07) is 0. The van der Waals surface area contributed by atoms with Crippen LogP contribution in [0.4, 0.5) is 0 Å². The Labute approximate surface area is 188 Å². The van der Waals surface area contributed by atoms with E-state index in [0.717, 1.165) is 0 Å². The van der Waals surface area contributed by atoms with Crippen molar-refractivity contribution >= 4 is 0 Å². The summed E-state index contributed by atoms with van der Waals surface area (Å²) >= 11 is 0. The molecule has 0 radical (unpaired) electrons. The molecule has 0 aliphatic rings. The van der Waals surface area contributed by atoms with E-state index in [0.29, 0.717) is 0 Å². The second kappa shape index (κ2) is 21.3. The molecular weight excluding hydrogens is 388 g/mol. The Morgan fingerprint density at radius 1 is 0.550 bits per heavy atom. The van der Waals surface area contributed by atoms with Gasteiger partial charge in [-0.1, -0.05) is 53.4 Å². The predicted molar refractivity (Wildman–Crippen MR) is 81.3 cm³/mol. The molecule has 0 heterocycles. The molecule has 20 heavy (non-hydrogen) atoms. The molecule has 1 N–H and O–H groups in total. The van der Waals surface area contributed by atoms with Crippen LogP contribution in [0, 0.1) is 0 Å². The van der Waals surface area contributed by atoms with Crippen LogP contribution in [0.25, 0.3) is 0 Å². The molecule has 0 aliphatic carbocycles. The van der Waals surface area contributed by atoms with E-state index in [2.05, 4.69) is 27.7 Å². The Kier molecular flexibility index (Phi) is 32.1. The van der Waals surface area contributed by atoms with Crippen LogP contribution in [0.15, 0.2) is 0 Å². The summed E-state index contributed by atoms with van der Waals surface area (Å²) in [5.74, 6) is 0. The Bertz CT molecular complexity index is 133. The van der Waals surface area contributed by atoms with Gasteiger partial charge in [0.05, 0.1) is 26.2 Å². The van der Waals surface area contributed by atoms with Gasteiger partial charge in [0.25, 0.3) is 0 Å². The monoisotopic (exact) mass is 425 g/mol. The first-order valence-corrected chi connectivity index (χ1v) is 8.09. The van der Waals surface area contributed by atoms with Crippen LogP contribution in [0.5, 0.6) is 0 Å². The first kappa shape index (κ1) is 30.2. The third-order valence-electron chi connectivity index (χ3n) is 3.94. The van der Waals surface area contributed by atoms with Crippen LogP contribution in [0.1, 0.15) is 79.1 Å². The molecule has 2 nitrogen and oxygen atoms in total. The first-order chi connectivity index (χ1) is 8.24. The van der Waals surface area contributed by atoms with E-state index < -0.39 is 0 Å². The zero-order chi connectivity index (χ0) is 13.0. The molecule has 0 fully saturated rings. The van der Waals surface area contributed by atoms with E-state index in [9.17, 15) is 0 Å². The van der Waals surface area contributed by atoms with Crippen LogP contribution < -0.4 is 75.4 Å². The number of hydrogen-bond acceptors (Lipinski definition) is 1. The molecule has 0 aromatic carbocycles. The first-order valence-electron chi connectivity index (χ1n) is 8.09. The molecule has 0 amide bonds. The molecule has 0 saturated heterocycles. The minimum absolute atomic E-state index is 0. The molecule has 0 spiro atoms. The second-order valence-electron chi connectivity index (χ2n) is 5.65. The molecule has 0 rings (SSSR count). The Hall–Kier alpha value is 2.29. The van der Waals surface area contributed by atoms with Crippen LogP contribution in [0.2, 0.25) is 0 Å². The van der Waals surface area contributed by atoms with Gasteiger partial charge in [-0.2, -0.15) is 0 Å². The van der Waals surface area contributed by atoms with Crippen molar-refractivity contribution in [3.63, 3.8) is 0 Å². The number of unbranched alkanes of at least 4 members (excludes halogenated alkanes) is 4. The van der Waals surface area contributed by atoms with E-state index >= 15 is 0 Å². The van der Waals surface area contributed by atoms with Crippen molar-refractivity contribution in [3.05, 3.63) is 0 Å². The van der Waals surface area contributed by atoms with E-state index in [1.807, 2.05) is 0 Å². The summed E-state index contributed by atoms with van der Waals surface area (Å²) in [5, 5.41) is 0. The van der Waals surface area contributed by atoms with Crippen LogP contribution in [-0.4, -0.2) is 36.1 Å². The zero-order valence-corrected chi connectivity index (χ0v) is 20.0. The molecular formula is C16H37IKNO. The molecule has 4 heteroatoms. The Balaban J connectivity index is -0.000000427. The molecule has 0 aromatic rings. The van der Waals surface area contributed by atoms with E-state index in [4.69, 9.17) is 0 Å². The summed E-state index contributed by atoms with van der Waals surface area (Å²) < 4.78 is 1.42. The van der Waals surface area contributed by atoms with Gasteiger partial charge < -0.3 is 33.9 Å². The standard InChI is InChI=1S/C16H36N.HI.K.H2O/c1-5-9-13-17(14-10-6-2,15-11-7-3)16-12-8-4;;;/h5-16H2,1-4H3;1H;;1H2/q+1;;+1;/p-2. The van der Waals surface area contributed by atoms with E-state index in [1.54, 1.807) is 0 Å². The summed E-state index contributed by atoms with van der Waals surface area (Å²) in [7, 11) is 0. The van der Waals surface area contributed by atoms with Crippen LogP contribution in [0.3, 0.4) is 0 Å². The molecule has 0 atom stereocenters. The fourth-order valence-corrected chi connectivity index (χ4v) is 2.64. The normalized spacial score (nSPS) is 10.2. The minimum Gasteiger partial charge on any atom is -1.00 e. The summed E-state index contributed by atoms with van der Waals surface area (Å²) in [5.41, 5.74) is 0. The van der Waals surface area contributed by atoms with Crippen molar-refractivity contribution in [2.45, 2.75) is 79.1 Å². The molecule has 0 unspecified atom stereocenters. The fraction of sp³-hybridized carbons (Fsp3) is 1.00. The van der Waals surface area contributed by atoms with E-state index in [-0.39, 0.29) is 80.8 Å². The average Bonchev–Trinajstić information content (AvgIpc) is 2.37. The van der Waals surface area contributed by atoms with Gasteiger partial charge in [0.1, 0.15) is 0 Å². The number of hydrogen-bond donors (Lipinski definition) is 0. The maximum Gasteiger partial charge on any atom is 1.00 e. The van der Waals surface area contributed by atoms with Gasteiger partial charge >= 0.3 is 51.4 Å². The third-order valence-corrected chi connectivity index (χ3v) is 3.94. The van der Waals surface area contributed by atoms with Crippen molar-refractivity contribution in [1.29, 1.82) is 0 Å². The van der Waals surface area contributed by atoms with Crippen molar-refractivity contribution < 1.29 is 85.3 Å². The number of halogens is 1.